The number of anilines is 1. The number of carbonyl (C=O) groups is 1. The lowest BCUT2D eigenvalue weighted by atomic mass is 9.95. The summed E-state index contributed by atoms with van der Waals surface area (Å²) < 4.78 is 13.1. The molecule has 1 N–H and O–H groups in total. The number of nitrogens with zero attached hydrogens (tertiary/aromatic N) is 3. The van der Waals surface area contributed by atoms with Crippen molar-refractivity contribution in [2.45, 2.75) is 39.5 Å². The molecule has 2 aromatic carbocycles. The Morgan fingerprint density at radius 1 is 1.19 bits per heavy atom. The number of hydrogen-bond acceptors (Lipinski definition) is 6. The predicted molar refractivity (Wildman–Crippen MR) is 118 cm³/mol. The van der Waals surface area contributed by atoms with Crippen LogP contribution in [0.4, 0.5) is 5.95 Å². The number of esters is 1. The molecule has 0 saturated carbocycles. The van der Waals surface area contributed by atoms with Gasteiger partial charge in [-0.2, -0.15) is 10.1 Å². The maximum absolute atomic E-state index is 12.9. The summed E-state index contributed by atoms with van der Waals surface area (Å²) in [5.74, 6) is 0.885. The molecule has 0 spiro atoms. The van der Waals surface area contributed by atoms with Crippen LogP contribution in [0.5, 0.6) is 5.75 Å². The largest absolute Gasteiger partial charge is 0.489 e. The molecule has 1 unspecified atom stereocenters. The molecule has 1 aliphatic heterocycles. The van der Waals surface area contributed by atoms with Crippen LogP contribution >= 0.6 is 11.6 Å². The Labute approximate surface area is 185 Å². The van der Waals surface area contributed by atoms with Gasteiger partial charge in [-0.05, 0) is 44.5 Å². The van der Waals surface area contributed by atoms with E-state index >= 15 is 0 Å². The van der Waals surface area contributed by atoms with Crippen molar-refractivity contribution in [2.24, 2.45) is 0 Å². The van der Waals surface area contributed by atoms with Gasteiger partial charge < -0.3 is 14.8 Å². The Hall–Kier alpha value is -3.32. The van der Waals surface area contributed by atoms with Crippen LogP contribution in [0.2, 0.25) is 5.02 Å². The first-order valence-electron chi connectivity index (χ1n) is 9.98. The van der Waals surface area contributed by atoms with E-state index in [1.807, 2.05) is 69.3 Å². The number of fused-ring (bicyclic) bond motifs is 1. The minimum Gasteiger partial charge on any atom is -0.489 e. The monoisotopic (exact) mass is 438 g/mol. The van der Waals surface area contributed by atoms with Crippen molar-refractivity contribution in [3.63, 3.8) is 0 Å². The highest BCUT2D eigenvalue weighted by molar-refractivity contribution is 6.31. The van der Waals surface area contributed by atoms with Crippen LogP contribution < -0.4 is 10.1 Å². The van der Waals surface area contributed by atoms with E-state index in [1.54, 1.807) is 4.68 Å². The second-order valence-electron chi connectivity index (χ2n) is 7.50. The fraction of sp³-hybridized carbons (Fsp3) is 0.261. The van der Waals surface area contributed by atoms with E-state index in [-0.39, 0.29) is 12.1 Å². The molecular formula is C23H23ClN4O3. The summed E-state index contributed by atoms with van der Waals surface area (Å²) in [7, 11) is 0. The molecule has 160 valence electrons. The summed E-state index contributed by atoms with van der Waals surface area (Å²) in [6, 6.07) is 14.7. The molecule has 0 amide bonds. The molecule has 8 heteroatoms. The average molecular weight is 439 g/mol. The number of benzene rings is 2. The standard InChI is InChI=1S/C23H23ClN4O3/c1-14(2)31-22(29)20-15(3)27-23-25-13-26-28(23)21(20)16-8-10-18(11-9-16)30-12-17-6-4-5-7-19(17)24/h4-11,13-14,21H,12H2,1-3H3,(H,25,26,27). The number of rotatable bonds is 6. The predicted octanol–water partition coefficient (Wildman–Crippen LogP) is 4.75. The Kier molecular flexibility index (Phi) is 5.95. The van der Waals surface area contributed by atoms with Gasteiger partial charge in [0.1, 0.15) is 24.7 Å². The number of aromatic nitrogens is 3. The molecule has 4 rings (SSSR count). The van der Waals surface area contributed by atoms with Crippen LogP contribution in [0.3, 0.4) is 0 Å². The van der Waals surface area contributed by atoms with Crippen molar-refractivity contribution < 1.29 is 14.3 Å². The lowest BCUT2D eigenvalue weighted by molar-refractivity contribution is -0.143. The lowest BCUT2D eigenvalue weighted by Gasteiger charge is -2.28. The highest BCUT2D eigenvalue weighted by Gasteiger charge is 2.34. The molecule has 0 bridgehead atoms. The molecule has 2 heterocycles. The third kappa shape index (κ3) is 4.41. The molecule has 0 aliphatic carbocycles. The third-order valence-corrected chi connectivity index (χ3v) is 5.27. The molecule has 3 aromatic rings. The van der Waals surface area contributed by atoms with E-state index in [9.17, 15) is 4.79 Å². The summed E-state index contributed by atoms with van der Waals surface area (Å²) in [4.78, 5) is 17.1. The second-order valence-corrected chi connectivity index (χ2v) is 7.90. The summed E-state index contributed by atoms with van der Waals surface area (Å²) in [5.41, 5.74) is 2.97. The molecule has 7 nitrogen and oxygen atoms in total. The van der Waals surface area contributed by atoms with Gasteiger partial charge in [-0.3, -0.25) is 0 Å². The fourth-order valence-electron chi connectivity index (χ4n) is 3.46. The van der Waals surface area contributed by atoms with Crippen molar-refractivity contribution in [1.82, 2.24) is 14.8 Å². The van der Waals surface area contributed by atoms with Crippen molar-refractivity contribution in [3.05, 3.63) is 82.3 Å². The molecule has 1 aliphatic rings. The van der Waals surface area contributed by atoms with Crippen LogP contribution in [0.15, 0.2) is 66.1 Å². The van der Waals surface area contributed by atoms with Crippen LogP contribution in [0.25, 0.3) is 0 Å². The third-order valence-electron chi connectivity index (χ3n) is 4.91. The quantitative estimate of drug-likeness (QED) is 0.559. The minimum absolute atomic E-state index is 0.230. The van der Waals surface area contributed by atoms with Gasteiger partial charge in [0.15, 0.2) is 0 Å². The molecule has 0 saturated heterocycles. The number of nitrogens with one attached hydrogen (secondary N) is 1. The normalized spacial score (nSPS) is 15.5. The summed E-state index contributed by atoms with van der Waals surface area (Å²) >= 11 is 6.20. The van der Waals surface area contributed by atoms with Crippen LogP contribution in [-0.2, 0) is 16.1 Å². The first kappa shape index (κ1) is 20.9. The summed E-state index contributed by atoms with van der Waals surface area (Å²) in [6.07, 6.45) is 1.23. The molecule has 1 aromatic heterocycles. The van der Waals surface area contributed by atoms with Crippen LogP contribution in [-0.4, -0.2) is 26.8 Å². The van der Waals surface area contributed by atoms with E-state index in [4.69, 9.17) is 21.1 Å². The molecule has 1 atom stereocenters. The van der Waals surface area contributed by atoms with Crippen LogP contribution in [0.1, 0.15) is 37.9 Å². The maximum Gasteiger partial charge on any atom is 0.338 e. The molecule has 31 heavy (non-hydrogen) atoms. The first-order chi connectivity index (χ1) is 14.9. The SMILES string of the molecule is CC1=C(C(=O)OC(C)C)C(c2ccc(OCc3ccccc3Cl)cc2)n2ncnc2N1. The Morgan fingerprint density at radius 2 is 1.94 bits per heavy atom. The minimum atomic E-state index is -0.456. The van der Waals surface area contributed by atoms with E-state index < -0.39 is 6.04 Å². The van der Waals surface area contributed by atoms with Crippen molar-refractivity contribution >= 4 is 23.5 Å². The average Bonchev–Trinajstić information content (AvgIpc) is 3.20. The zero-order valence-corrected chi connectivity index (χ0v) is 18.3. The zero-order valence-electron chi connectivity index (χ0n) is 17.5. The number of carbonyl (C=O) groups excluding carboxylic acids is 1. The van der Waals surface area contributed by atoms with E-state index in [0.29, 0.717) is 34.6 Å². The highest BCUT2D eigenvalue weighted by Crippen LogP contribution is 2.36. The number of allylic oxidation sites excluding steroid dienone is 1. The van der Waals surface area contributed by atoms with Crippen molar-refractivity contribution in [3.8, 4) is 5.75 Å². The van der Waals surface area contributed by atoms with Gasteiger partial charge in [-0.15, -0.1) is 0 Å². The van der Waals surface area contributed by atoms with Gasteiger partial charge in [0.2, 0.25) is 5.95 Å². The zero-order chi connectivity index (χ0) is 22.0. The van der Waals surface area contributed by atoms with E-state index in [1.165, 1.54) is 6.33 Å². The summed E-state index contributed by atoms with van der Waals surface area (Å²) in [6.45, 7) is 5.85. The lowest BCUT2D eigenvalue weighted by Crippen LogP contribution is -2.30. The number of ether oxygens (including phenoxy) is 2. The molecule has 0 radical (unpaired) electrons. The van der Waals surface area contributed by atoms with Gasteiger partial charge in [0, 0.05) is 16.3 Å². The van der Waals surface area contributed by atoms with E-state index in [2.05, 4.69) is 15.4 Å². The van der Waals surface area contributed by atoms with E-state index in [0.717, 1.165) is 11.1 Å². The first-order valence-corrected chi connectivity index (χ1v) is 10.4. The number of hydrogen-bond donors (Lipinski definition) is 1. The smallest absolute Gasteiger partial charge is 0.338 e. The second kappa shape index (κ2) is 8.81. The van der Waals surface area contributed by atoms with Gasteiger partial charge in [-0.1, -0.05) is 41.9 Å². The van der Waals surface area contributed by atoms with Gasteiger partial charge >= 0.3 is 5.97 Å². The van der Waals surface area contributed by atoms with Gasteiger partial charge in [-0.25, -0.2) is 9.48 Å². The maximum atomic E-state index is 12.9. The topological polar surface area (TPSA) is 78.3 Å². The fourth-order valence-corrected chi connectivity index (χ4v) is 3.65. The summed E-state index contributed by atoms with van der Waals surface area (Å²) in [5, 5.41) is 8.12. The molecule has 0 fully saturated rings. The highest BCUT2D eigenvalue weighted by atomic mass is 35.5. The van der Waals surface area contributed by atoms with Crippen molar-refractivity contribution in [2.75, 3.05) is 5.32 Å². The Bertz CT molecular complexity index is 1120. The Morgan fingerprint density at radius 3 is 2.65 bits per heavy atom. The van der Waals surface area contributed by atoms with Gasteiger partial charge in [0.05, 0.1) is 11.7 Å². The Balaban J connectivity index is 1.60. The molecular weight excluding hydrogens is 416 g/mol. The van der Waals surface area contributed by atoms with Gasteiger partial charge in [0.25, 0.3) is 0 Å². The number of halogens is 1. The van der Waals surface area contributed by atoms with Crippen LogP contribution in [0, 0.1) is 0 Å². The van der Waals surface area contributed by atoms with Crippen molar-refractivity contribution in [1.29, 1.82) is 0 Å².